The predicted molar refractivity (Wildman–Crippen MR) is 71.1 cm³/mol. The molecule has 2 atom stereocenters. The molecule has 0 aliphatic heterocycles. The van der Waals surface area contributed by atoms with Gasteiger partial charge in [0.15, 0.2) is 0 Å². The second kappa shape index (κ2) is 5.54. The van der Waals surface area contributed by atoms with Gasteiger partial charge in [0.25, 0.3) is 0 Å². The Morgan fingerprint density at radius 2 is 1.71 bits per heavy atom. The van der Waals surface area contributed by atoms with Crippen LogP contribution in [0, 0.1) is 5.92 Å². The summed E-state index contributed by atoms with van der Waals surface area (Å²) in [6, 6.07) is 8.44. The van der Waals surface area contributed by atoms with E-state index >= 15 is 0 Å². The molecule has 1 unspecified atom stereocenters. The van der Waals surface area contributed by atoms with Crippen LogP contribution in [-0.2, 0) is 0 Å². The average Bonchev–Trinajstić information content (AvgIpc) is 2.83. The SMILES string of the molecule is CC(N[C@H](C)C1CCCC1)c1ccc(O)cc1. The maximum Gasteiger partial charge on any atom is 0.115 e. The van der Waals surface area contributed by atoms with Crippen molar-refractivity contribution in [1.29, 1.82) is 0 Å². The van der Waals surface area contributed by atoms with Crippen LogP contribution in [0.4, 0.5) is 0 Å². The summed E-state index contributed by atoms with van der Waals surface area (Å²) < 4.78 is 0. The summed E-state index contributed by atoms with van der Waals surface area (Å²) in [5.74, 6) is 1.18. The van der Waals surface area contributed by atoms with Gasteiger partial charge in [0.1, 0.15) is 5.75 Å². The van der Waals surface area contributed by atoms with Crippen molar-refractivity contribution in [2.75, 3.05) is 0 Å². The number of nitrogens with one attached hydrogen (secondary N) is 1. The van der Waals surface area contributed by atoms with Crippen molar-refractivity contribution in [2.24, 2.45) is 5.92 Å². The molecule has 0 heterocycles. The third-order valence-corrected chi connectivity index (χ3v) is 4.01. The lowest BCUT2D eigenvalue weighted by Gasteiger charge is -2.25. The first-order valence-corrected chi connectivity index (χ1v) is 6.72. The van der Waals surface area contributed by atoms with Crippen molar-refractivity contribution in [1.82, 2.24) is 5.32 Å². The number of aromatic hydroxyl groups is 1. The van der Waals surface area contributed by atoms with Gasteiger partial charge in [-0.2, -0.15) is 0 Å². The van der Waals surface area contributed by atoms with Crippen molar-refractivity contribution in [3.05, 3.63) is 29.8 Å². The van der Waals surface area contributed by atoms with E-state index in [1.54, 1.807) is 12.1 Å². The zero-order chi connectivity index (χ0) is 12.3. The second-order valence-corrected chi connectivity index (χ2v) is 5.31. The molecule has 0 amide bonds. The van der Waals surface area contributed by atoms with Gasteiger partial charge in [-0.15, -0.1) is 0 Å². The van der Waals surface area contributed by atoms with Gasteiger partial charge in [-0.3, -0.25) is 0 Å². The highest BCUT2D eigenvalue weighted by Gasteiger charge is 2.22. The molecule has 2 rings (SSSR count). The zero-order valence-electron chi connectivity index (χ0n) is 10.8. The summed E-state index contributed by atoms with van der Waals surface area (Å²) in [4.78, 5) is 0. The Bertz CT molecular complexity index is 340. The topological polar surface area (TPSA) is 32.3 Å². The molecule has 0 spiro atoms. The van der Waals surface area contributed by atoms with E-state index in [-0.39, 0.29) is 0 Å². The summed E-state index contributed by atoms with van der Waals surface area (Å²) in [6.07, 6.45) is 5.53. The maximum absolute atomic E-state index is 9.27. The molecule has 2 heteroatoms. The fourth-order valence-electron chi connectivity index (χ4n) is 2.85. The first kappa shape index (κ1) is 12.4. The van der Waals surface area contributed by atoms with Crippen LogP contribution in [0.25, 0.3) is 0 Å². The average molecular weight is 233 g/mol. The first-order chi connectivity index (χ1) is 8.16. The van der Waals surface area contributed by atoms with Crippen LogP contribution in [-0.4, -0.2) is 11.1 Å². The lowest BCUT2D eigenvalue weighted by molar-refractivity contribution is 0.352. The van der Waals surface area contributed by atoms with Crippen molar-refractivity contribution >= 4 is 0 Å². The minimum absolute atomic E-state index is 0.338. The second-order valence-electron chi connectivity index (χ2n) is 5.31. The van der Waals surface area contributed by atoms with Crippen LogP contribution < -0.4 is 5.32 Å². The van der Waals surface area contributed by atoms with Gasteiger partial charge < -0.3 is 10.4 Å². The van der Waals surface area contributed by atoms with E-state index in [4.69, 9.17) is 0 Å². The fraction of sp³-hybridized carbons (Fsp3) is 0.600. The molecule has 17 heavy (non-hydrogen) atoms. The first-order valence-electron chi connectivity index (χ1n) is 6.72. The third-order valence-electron chi connectivity index (χ3n) is 4.01. The number of hydrogen-bond acceptors (Lipinski definition) is 2. The zero-order valence-corrected chi connectivity index (χ0v) is 10.8. The highest BCUT2D eigenvalue weighted by atomic mass is 16.3. The molecule has 0 saturated heterocycles. The molecular weight excluding hydrogens is 210 g/mol. The van der Waals surface area contributed by atoms with Crippen LogP contribution in [0.2, 0.25) is 0 Å². The Morgan fingerprint density at radius 1 is 1.12 bits per heavy atom. The van der Waals surface area contributed by atoms with Crippen molar-refractivity contribution in [3.8, 4) is 5.75 Å². The minimum Gasteiger partial charge on any atom is -0.508 e. The van der Waals surface area contributed by atoms with E-state index in [1.807, 2.05) is 12.1 Å². The van der Waals surface area contributed by atoms with Crippen molar-refractivity contribution in [2.45, 2.75) is 51.6 Å². The Morgan fingerprint density at radius 3 is 2.29 bits per heavy atom. The number of benzene rings is 1. The van der Waals surface area contributed by atoms with Gasteiger partial charge in [-0.25, -0.2) is 0 Å². The van der Waals surface area contributed by atoms with Gasteiger partial charge in [0.2, 0.25) is 0 Å². The van der Waals surface area contributed by atoms with Gasteiger partial charge >= 0.3 is 0 Å². The van der Waals surface area contributed by atoms with Crippen LogP contribution in [0.5, 0.6) is 5.75 Å². The van der Waals surface area contributed by atoms with Gasteiger partial charge in [-0.1, -0.05) is 25.0 Å². The molecule has 0 radical (unpaired) electrons. The smallest absolute Gasteiger partial charge is 0.115 e. The van der Waals surface area contributed by atoms with Gasteiger partial charge in [0, 0.05) is 12.1 Å². The lowest BCUT2D eigenvalue weighted by atomic mass is 9.98. The lowest BCUT2D eigenvalue weighted by Crippen LogP contribution is -2.34. The number of phenols is 1. The summed E-state index contributed by atoms with van der Waals surface area (Å²) >= 11 is 0. The Hall–Kier alpha value is -1.02. The van der Waals surface area contributed by atoms with Gasteiger partial charge in [-0.05, 0) is 50.3 Å². The predicted octanol–water partition coefficient (Wildman–Crippen LogP) is 3.62. The minimum atomic E-state index is 0.338. The molecule has 0 aromatic heterocycles. The third kappa shape index (κ3) is 3.22. The number of hydrogen-bond donors (Lipinski definition) is 2. The summed E-state index contributed by atoms with van der Waals surface area (Å²) in [5, 5.41) is 12.9. The van der Waals surface area contributed by atoms with E-state index in [9.17, 15) is 5.11 Å². The summed E-state index contributed by atoms with van der Waals surface area (Å²) in [7, 11) is 0. The van der Waals surface area contributed by atoms with Crippen LogP contribution in [0.15, 0.2) is 24.3 Å². The molecule has 94 valence electrons. The fourth-order valence-corrected chi connectivity index (χ4v) is 2.85. The normalized spacial score (nSPS) is 20.4. The molecule has 2 nitrogen and oxygen atoms in total. The molecule has 0 bridgehead atoms. The Kier molecular flexibility index (Phi) is 4.06. The monoisotopic (exact) mass is 233 g/mol. The van der Waals surface area contributed by atoms with E-state index in [0.717, 1.165) is 5.92 Å². The Balaban J connectivity index is 1.91. The molecule has 1 saturated carbocycles. The van der Waals surface area contributed by atoms with E-state index < -0.39 is 0 Å². The quantitative estimate of drug-likeness (QED) is 0.832. The Labute approximate surface area is 104 Å². The number of phenolic OH excluding ortho intramolecular Hbond substituents is 1. The largest absolute Gasteiger partial charge is 0.508 e. The standard InChI is InChI=1S/C15H23NO/c1-11(13-5-3-4-6-13)16-12(2)14-7-9-15(17)10-8-14/h7-13,16-17H,3-6H2,1-2H3/t11-,12?/m1/s1. The van der Waals surface area contributed by atoms with Crippen molar-refractivity contribution < 1.29 is 5.11 Å². The molecular formula is C15H23NO. The number of rotatable bonds is 4. The van der Waals surface area contributed by atoms with Gasteiger partial charge in [0.05, 0.1) is 0 Å². The maximum atomic E-state index is 9.27. The van der Waals surface area contributed by atoms with Crippen LogP contribution >= 0.6 is 0 Å². The molecule has 2 N–H and O–H groups in total. The van der Waals surface area contributed by atoms with E-state index in [0.29, 0.717) is 17.8 Å². The van der Waals surface area contributed by atoms with Crippen LogP contribution in [0.3, 0.4) is 0 Å². The highest BCUT2D eigenvalue weighted by Crippen LogP contribution is 2.29. The highest BCUT2D eigenvalue weighted by molar-refractivity contribution is 5.27. The van der Waals surface area contributed by atoms with E-state index in [1.165, 1.54) is 31.2 Å². The molecule has 1 fully saturated rings. The molecule has 1 aliphatic rings. The molecule has 1 aliphatic carbocycles. The molecule has 1 aromatic carbocycles. The summed E-state index contributed by atoms with van der Waals surface area (Å²) in [6.45, 7) is 4.49. The van der Waals surface area contributed by atoms with Crippen LogP contribution in [0.1, 0.15) is 51.1 Å². The van der Waals surface area contributed by atoms with Crippen molar-refractivity contribution in [3.63, 3.8) is 0 Å². The van der Waals surface area contributed by atoms with E-state index in [2.05, 4.69) is 19.2 Å². The molecule has 1 aromatic rings. The summed E-state index contributed by atoms with van der Waals surface area (Å²) in [5.41, 5.74) is 1.24.